The second kappa shape index (κ2) is 5.33. The molecule has 98 valence electrons. The molecule has 0 unspecified atom stereocenters. The minimum absolute atomic E-state index is 0.351. The molecule has 0 saturated carbocycles. The summed E-state index contributed by atoms with van der Waals surface area (Å²) >= 11 is 3.42. The molecule has 2 rings (SSSR count). The lowest BCUT2D eigenvalue weighted by Gasteiger charge is -2.07. The molecule has 5 nitrogen and oxygen atoms in total. The van der Waals surface area contributed by atoms with E-state index in [1.54, 1.807) is 4.68 Å². The SMILES string of the molecule is CCNc1nn(-c2ccc(Br)cc2C)c(N)c1C#N. The molecule has 2 aromatic rings. The van der Waals surface area contributed by atoms with Crippen LogP contribution in [0.3, 0.4) is 0 Å². The number of hydrogen-bond donors (Lipinski definition) is 2. The number of nitrogens with two attached hydrogens (primary N) is 1. The minimum Gasteiger partial charge on any atom is -0.382 e. The van der Waals surface area contributed by atoms with Gasteiger partial charge in [-0.25, -0.2) is 4.68 Å². The first-order valence-electron chi connectivity index (χ1n) is 5.87. The molecule has 0 aliphatic carbocycles. The highest BCUT2D eigenvalue weighted by atomic mass is 79.9. The van der Waals surface area contributed by atoms with Crippen molar-refractivity contribution < 1.29 is 0 Å². The van der Waals surface area contributed by atoms with Gasteiger partial charge in [-0.3, -0.25) is 0 Å². The fraction of sp³-hybridized carbons (Fsp3) is 0.231. The van der Waals surface area contributed by atoms with Crippen molar-refractivity contribution in [3.8, 4) is 11.8 Å². The number of hydrogen-bond acceptors (Lipinski definition) is 4. The number of rotatable bonds is 3. The third-order valence-corrected chi connectivity index (χ3v) is 3.26. The molecular weight excluding hydrogens is 306 g/mol. The van der Waals surface area contributed by atoms with Gasteiger partial charge >= 0.3 is 0 Å². The summed E-state index contributed by atoms with van der Waals surface area (Å²) in [5.41, 5.74) is 8.28. The van der Waals surface area contributed by atoms with Crippen molar-refractivity contribution in [1.82, 2.24) is 9.78 Å². The van der Waals surface area contributed by atoms with Crippen LogP contribution in [0.5, 0.6) is 0 Å². The Kier molecular flexibility index (Phi) is 3.76. The van der Waals surface area contributed by atoms with E-state index in [9.17, 15) is 0 Å². The van der Waals surface area contributed by atoms with Crippen LogP contribution in [0.2, 0.25) is 0 Å². The molecule has 19 heavy (non-hydrogen) atoms. The highest BCUT2D eigenvalue weighted by Gasteiger charge is 2.16. The molecule has 0 fully saturated rings. The van der Waals surface area contributed by atoms with Crippen LogP contribution in [0, 0.1) is 18.3 Å². The maximum atomic E-state index is 9.17. The maximum Gasteiger partial charge on any atom is 0.168 e. The summed E-state index contributed by atoms with van der Waals surface area (Å²) in [5, 5.41) is 16.6. The lowest BCUT2D eigenvalue weighted by molar-refractivity contribution is 0.882. The molecule has 0 amide bonds. The van der Waals surface area contributed by atoms with E-state index in [0.29, 0.717) is 23.7 Å². The first-order valence-corrected chi connectivity index (χ1v) is 6.66. The summed E-state index contributed by atoms with van der Waals surface area (Å²) in [6, 6.07) is 7.91. The minimum atomic E-state index is 0.351. The van der Waals surface area contributed by atoms with Gasteiger partial charge in [0, 0.05) is 11.0 Å². The zero-order valence-corrected chi connectivity index (χ0v) is 12.3. The van der Waals surface area contributed by atoms with Crippen molar-refractivity contribution in [1.29, 1.82) is 5.26 Å². The van der Waals surface area contributed by atoms with Crippen LogP contribution in [0.15, 0.2) is 22.7 Å². The largest absolute Gasteiger partial charge is 0.382 e. The van der Waals surface area contributed by atoms with Gasteiger partial charge in [-0.2, -0.15) is 5.26 Å². The van der Waals surface area contributed by atoms with Crippen molar-refractivity contribution in [2.45, 2.75) is 13.8 Å². The van der Waals surface area contributed by atoms with Gasteiger partial charge in [0.15, 0.2) is 5.82 Å². The van der Waals surface area contributed by atoms with Crippen molar-refractivity contribution in [2.75, 3.05) is 17.6 Å². The van der Waals surface area contributed by atoms with Crippen LogP contribution in [-0.4, -0.2) is 16.3 Å². The Hall–Kier alpha value is -2.00. The molecule has 0 saturated heterocycles. The summed E-state index contributed by atoms with van der Waals surface area (Å²) in [6.07, 6.45) is 0. The summed E-state index contributed by atoms with van der Waals surface area (Å²) in [4.78, 5) is 0. The van der Waals surface area contributed by atoms with Crippen molar-refractivity contribution >= 4 is 27.6 Å². The van der Waals surface area contributed by atoms with Crippen LogP contribution in [0.25, 0.3) is 5.69 Å². The van der Waals surface area contributed by atoms with Crippen LogP contribution in [-0.2, 0) is 0 Å². The predicted molar refractivity (Wildman–Crippen MR) is 79.3 cm³/mol. The second-order valence-corrected chi connectivity index (χ2v) is 5.01. The van der Waals surface area contributed by atoms with E-state index < -0.39 is 0 Å². The maximum absolute atomic E-state index is 9.17. The summed E-state index contributed by atoms with van der Waals surface area (Å²) in [5.74, 6) is 0.869. The third-order valence-electron chi connectivity index (χ3n) is 2.76. The first kappa shape index (κ1) is 13.4. The zero-order chi connectivity index (χ0) is 14.0. The number of nitrogen functional groups attached to an aromatic ring is 1. The fourth-order valence-corrected chi connectivity index (χ4v) is 2.35. The molecule has 0 aliphatic rings. The standard InChI is InChI=1S/C13H14BrN5/c1-3-17-13-10(7-15)12(16)19(18-13)11-5-4-9(14)6-8(11)2/h4-6H,3,16H2,1-2H3,(H,17,18). The highest BCUT2D eigenvalue weighted by Crippen LogP contribution is 2.27. The number of benzene rings is 1. The van der Waals surface area contributed by atoms with Gasteiger partial charge < -0.3 is 11.1 Å². The topological polar surface area (TPSA) is 79.7 Å². The van der Waals surface area contributed by atoms with Gasteiger partial charge in [-0.05, 0) is 37.6 Å². The first-order chi connectivity index (χ1) is 9.08. The van der Waals surface area contributed by atoms with E-state index in [-0.39, 0.29) is 0 Å². The quantitative estimate of drug-likeness (QED) is 0.911. The van der Waals surface area contributed by atoms with Crippen LogP contribution in [0.4, 0.5) is 11.6 Å². The normalized spacial score (nSPS) is 10.2. The molecule has 0 radical (unpaired) electrons. The average molecular weight is 320 g/mol. The molecule has 0 atom stereocenters. The number of nitriles is 1. The Labute approximate surface area is 120 Å². The Bertz CT molecular complexity index is 654. The smallest absolute Gasteiger partial charge is 0.168 e. The van der Waals surface area contributed by atoms with E-state index in [0.717, 1.165) is 15.7 Å². The summed E-state index contributed by atoms with van der Waals surface area (Å²) in [6.45, 7) is 4.60. The van der Waals surface area contributed by atoms with E-state index in [2.05, 4.69) is 32.4 Å². The van der Waals surface area contributed by atoms with E-state index >= 15 is 0 Å². The molecule has 0 spiro atoms. The second-order valence-electron chi connectivity index (χ2n) is 4.09. The van der Waals surface area contributed by atoms with Gasteiger partial charge in [0.25, 0.3) is 0 Å². The molecule has 1 heterocycles. The lowest BCUT2D eigenvalue weighted by atomic mass is 10.2. The van der Waals surface area contributed by atoms with E-state index in [1.807, 2.05) is 32.0 Å². The summed E-state index contributed by atoms with van der Waals surface area (Å²) in [7, 11) is 0. The molecule has 1 aromatic carbocycles. The van der Waals surface area contributed by atoms with Crippen molar-refractivity contribution in [3.05, 3.63) is 33.8 Å². The molecule has 6 heteroatoms. The molecule has 1 aromatic heterocycles. The van der Waals surface area contributed by atoms with Gasteiger partial charge in [0.1, 0.15) is 17.5 Å². The Morgan fingerprint density at radius 1 is 1.53 bits per heavy atom. The molecule has 3 N–H and O–H groups in total. The van der Waals surface area contributed by atoms with Crippen LogP contribution < -0.4 is 11.1 Å². The van der Waals surface area contributed by atoms with Gasteiger partial charge in [-0.1, -0.05) is 15.9 Å². The number of aryl methyl sites for hydroxylation is 1. The van der Waals surface area contributed by atoms with Gasteiger partial charge in [0.2, 0.25) is 0 Å². The third kappa shape index (κ3) is 2.42. The number of anilines is 2. The molecule has 0 bridgehead atoms. The number of nitrogens with one attached hydrogen (secondary N) is 1. The molecular formula is C13H14BrN5. The lowest BCUT2D eigenvalue weighted by Crippen LogP contribution is -2.04. The highest BCUT2D eigenvalue weighted by molar-refractivity contribution is 9.10. The number of nitrogens with zero attached hydrogens (tertiary/aromatic N) is 3. The zero-order valence-electron chi connectivity index (χ0n) is 10.7. The Morgan fingerprint density at radius 3 is 2.84 bits per heavy atom. The average Bonchev–Trinajstić information content (AvgIpc) is 2.66. The van der Waals surface area contributed by atoms with Crippen molar-refractivity contribution in [2.24, 2.45) is 0 Å². The van der Waals surface area contributed by atoms with Crippen LogP contribution in [0.1, 0.15) is 18.1 Å². The monoisotopic (exact) mass is 319 g/mol. The molecule has 0 aliphatic heterocycles. The van der Waals surface area contributed by atoms with Crippen molar-refractivity contribution in [3.63, 3.8) is 0 Å². The van der Waals surface area contributed by atoms with E-state index in [1.165, 1.54) is 0 Å². The fourth-order valence-electron chi connectivity index (χ4n) is 1.87. The summed E-state index contributed by atoms with van der Waals surface area (Å²) < 4.78 is 2.59. The number of aromatic nitrogens is 2. The van der Waals surface area contributed by atoms with Crippen LogP contribution >= 0.6 is 15.9 Å². The van der Waals surface area contributed by atoms with Gasteiger partial charge in [-0.15, -0.1) is 5.10 Å². The predicted octanol–water partition coefficient (Wildman–Crippen LogP) is 2.83. The Morgan fingerprint density at radius 2 is 2.26 bits per heavy atom. The Balaban J connectivity index is 2.60. The number of halogens is 1. The van der Waals surface area contributed by atoms with E-state index in [4.69, 9.17) is 11.0 Å². The van der Waals surface area contributed by atoms with Gasteiger partial charge in [0.05, 0.1) is 5.69 Å².